The van der Waals surface area contributed by atoms with Gasteiger partial charge in [0, 0.05) is 48.6 Å². The molecule has 4 heterocycles. The summed E-state index contributed by atoms with van der Waals surface area (Å²) < 4.78 is 19.8. The molecule has 3 aromatic heterocycles. The van der Waals surface area contributed by atoms with Crippen LogP contribution in [0.3, 0.4) is 0 Å². The highest BCUT2D eigenvalue weighted by molar-refractivity contribution is 7.23. The van der Waals surface area contributed by atoms with Gasteiger partial charge in [0.2, 0.25) is 0 Å². The molecular formula is C29H32N6O4S. The average Bonchev–Trinajstić information content (AvgIpc) is 3.64. The van der Waals surface area contributed by atoms with Gasteiger partial charge < -0.3 is 19.3 Å². The fourth-order valence-corrected chi connectivity index (χ4v) is 5.57. The van der Waals surface area contributed by atoms with Crippen LogP contribution in [0.5, 0.6) is 5.75 Å². The maximum absolute atomic E-state index is 12.5. The van der Waals surface area contributed by atoms with Crippen molar-refractivity contribution < 1.29 is 18.8 Å². The Kier molecular flexibility index (Phi) is 7.18. The Morgan fingerprint density at radius 1 is 1.07 bits per heavy atom. The van der Waals surface area contributed by atoms with Crippen LogP contribution in [-0.4, -0.2) is 64.9 Å². The highest BCUT2D eigenvalue weighted by atomic mass is 32.1. The third-order valence-corrected chi connectivity index (χ3v) is 7.79. The van der Waals surface area contributed by atoms with Gasteiger partial charge in [-0.2, -0.15) is 0 Å². The number of benzene rings is 2. The lowest BCUT2D eigenvalue weighted by molar-refractivity contribution is 0.0322. The number of imidazole rings is 1. The van der Waals surface area contributed by atoms with Crippen molar-refractivity contribution in [2.45, 2.75) is 26.2 Å². The van der Waals surface area contributed by atoms with Crippen LogP contribution in [0, 0.1) is 0 Å². The van der Waals surface area contributed by atoms with E-state index in [2.05, 4.69) is 25.1 Å². The predicted octanol–water partition coefficient (Wildman–Crippen LogP) is 5.86. The van der Waals surface area contributed by atoms with Crippen LogP contribution >= 0.6 is 11.3 Å². The zero-order valence-corrected chi connectivity index (χ0v) is 23.6. The fourth-order valence-electron chi connectivity index (χ4n) is 4.52. The van der Waals surface area contributed by atoms with Crippen molar-refractivity contribution in [3.63, 3.8) is 0 Å². The Balaban J connectivity index is 1.09. The van der Waals surface area contributed by atoms with E-state index in [1.165, 1.54) is 0 Å². The number of nitrogens with zero attached hydrogens (tertiary/aromatic N) is 4. The Labute approximate surface area is 235 Å². The van der Waals surface area contributed by atoms with Gasteiger partial charge in [-0.1, -0.05) is 37.3 Å². The number of carbonyl (C=O) groups is 1. The molecule has 0 bridgehead atoms. The van der Waals surface area contributed by atoms with E-state index in [0.29, 0.717) is 23.9 Å². The number of amides is 2. The van der Waals surface area contributed by atoms with E-state index in [9.17, 15) is 4.79 Å². The Morgan fingerprint density at radius 3 is 2.62 bits per heavy atom. The maximum atomic E-state index is 12.5. The van der Waals surface area contributed by atoms with Crippen molar-refractivity contribution >= 4 is 44.1 Å². The van der Waals surface area contributed by atoms with E-state index in [4.69, 9.17) is 19.0 Å². The minimum absolute atomic E-state index is 0.188. The molecule has 2 aromatic carbocycles. The first-order chi connectivity index (χ1) is 19.3. The van der Waals surface area contributed by atoms with Crippen molar-refractivity contribution in [3.8, 4) is 17.0 Å². The predicted molar refractivity (Wildman–Crippen MR) is 157 cm³/mol. The van der Waals surface area contributed by atoms with Gasteiger partial charge in [-0.15, -0.1) is 0 Å². The fraction of sp³-hybridized carbons (Fsp3) is 0.345. The van der Waals surface area contributed by atoms with Gasteiger partial charge in [0.15, 0.2) is 10.8 Å². The summed E-state index contributed by atoms with van der Waals surface area (Å²) in [5.74, 6) is 1.93. The molecule has 5 aromatic rings. The van der Waals surface area contributed by atoms with Gasteiger partial charge in [-0.3, -0.25) is 14.6 Å². The Bertz CT molecular complexity index is 1630. The lowest BCUT2D eigenvalue weighted by Crippen LogP contribution is -2.38. The van der Waals surface area contributed by atoms with Crippen LogP contribution in [0.25, 0.3) is 26.4 Å². The molecule has 1 aliphatic heterocycles. The van der Waals surface area contributed by atoms with Gasteiger partial charge in [-0.25, -0.2) is 9.78 Å². The number of urea groups is 1. The summed E-state index contributed by atoms with van der Waals surface area (Å²) in [7, 11) is 0. The smallest absolute Gasteiger partial charge is 0.324 e. The summed E-state index contributed by atoms with van der Waals surface area (Å²) in [6, 6.07) is 15.2. The SMILES string of the molecule is CC(C)(C)c1cc(NC(=O)Nc2ccc3c(c2)sc2nc(-c4ccc(OCCN5CCOCC5)cc4)cn23)no1. The molecule has 0 saturated carbocycles. The lowest BCUT2D eigenvalue weighted by Gasteiger charge is -2.26. The van der Waals surface area contributed by atoms with Crippen molar-refractivity contribution in [1.29, 1.82) is 0 Å². The molecule has 11 heteroatoms. The molecule has 40 heavy (non-hydrogen) atoms. The number of ether oxygens (including phenoxy) is 2. The molecule has 0 aliphatic carbocycles. The Hall–Kier alpha value is -3.93. The molecule has 6 rings (SSSR count). The van der Waals surface area contributed by atoms with Crippen molar-refractivity contribution in [3.05, 3.63) is 60.5 Å². The molecule has 10 nitrogen and oxygen atoms in total. The van der Waals surface area contributed by atoms with Gasteiger partial charge in [0.25, 0.3) is 0 Å². The highest BCUT2D eigenvalue weighted by Crippen LogP contribution is 2.32. The van der Waals surface area contributed by atoms with Gasteiger partial charge >= 0.3 is 6.03 Å². The number of morpholine rings is 1. The summed E-state index contributed by atoms with van der Waals surface area (Å²) in [6.45, 7) is 11.1. The molecule has 2 amide bonds. The van der Waals surface area contributed by atoms with Crippen LogP contribution in [-0.2, 0) is 10.2 Å². The third kappa shape index (κ3) is 5.81. The first-order valence-corrected chi connectivity index (χ1v) is 14.1. The molecule has 2 N–H and O–H groups in total. The summed E-state index contributed by atoms with van der Waals surface area (Å²) >= 11 is 1.57. The van der Waals surface area contributed by atoms with E-state index in [0.717, 1.165) is 65.0 Å². The maximum Gasteiger partial charge on any atom is 0.324 e. The lowest BCUT2D eigenvalue weighted by atomic mass is 9.93. The van der Waals surface area contributed by atoms with Crippen LogP contribution in [0.1, 0.15) is 26.5 Å². The molecule has 1 aliphatic rings. The van der Waals surface area contributed by atoms with E-state index in [1.807, 2.05) is 69.4 Å². The summed E-state index contributed by atoms with van der Waals surface area (Å²) in [5, 5.41) is 9.53. The highest BCUT2D eigenvalue weighted by Gasteiger charge is 2.20. The van der Waals surface area contributed by atoms with Crippen molar-refractivity contribution in [2.75, 3.05) is 50.1 Å². The Morgan fingerprint density at radius 2 is 1.88 bits per heavy atom. The number of fused-ring (bicyclic) bond motifs is 3. The number of anilines is 2. The van der Waals surface area contributed by atoms with E-state index < -0.39 is 0 Å². The molecule has 1 fully saturated rings. The number of thiazole rings is 1. The van der Waals surface area contributed by atoms with E-state index in [1.54, 1.807) is 17.4 Å². The quantitative estimate of drug-likeness (QED) is 0.257. The number of carbonyl (C=O) groups excluding carboxylic acids is 1. The first-order valence-electron chi connectivity index (χ1n) is 13.3. The second kappa shape index (κ2) is 10.9. The summed E-state index contributed by atoms with van der Waals surface area (Å²) in [4.78, 5) is 20.6. The van der Waals surface area contributed by atoms with Crippen LogP contribution in [0.15, 0.2) is 59.3 Å². The molecule has 1 saturated heterocycles. The number of aromatic nitrogens is 3. The average molecular weight is 561 g/mol. The molecule has 208 valence electrons. The van der Waals surface area contributed by atoms with Gasteiger partial charge in [0.05, 0.1) is 29.1 Å². The number of hydrogen-bond acceptors (Lipinski definition) is 8. The molecule has 0 spiro atoms. The largest absolute Gasteiger partial charge is 0.492 e. The van der Waals surface area contributed by atoms with Crippen molar-refractivity contribution in [1.82, 2.24) is 19.4 Å². The van der Waals surface area contributed by atoms with E-state index in [-0.39, 0.29) is 11.4 Å². The zero-order chi connectivity index (χ0) is 27.7. The van der Waals surface area contributed by atoms with Crippen LogP contribution in [0.2, 0.25) is 0 Å². The van der Waals surface area contributed by atoms with E-state index >= 15 is 0 Å². The van der Waals surface area contributed by atoms with Gasteiger partial charge in [0.1, 0.15) is 18.1 Å². The topological polar surface area (TPSA) is 106 Å². The second-order valence-corrected chi connectivity index (χ2v) is 11.8. The monoisotopic (exact) mass is 560 g/mol. The minimum atomic E-state index is -0.384. The molecule has 0 radical (unpaired) electrons. The normalized spacial score (nSPS) is 14.6. The minimum Gasteiger partial charge on any atom is -0.492 e. The summed E-state index contributed by atoms with van der Waals surface area (Å²) in [6.07, 6.45) is 2.04. The first kappa shape index (κ1) is 26.3. The third-order valence-electron chi connectivity index (χ3n) is 6.77. The number of nitrogens with one attached hydrogen (secondary N) is 2. The molecule has 0 unspecified atom stereocenters. The van der Waals surface area contributed by atoms with Gasteiger partial charge in [-0.05, 0) is 42.5 Å². The molecule has 0 atom stereocenters. The zero-order valence-electron chi connectivity index (χ0n) is 22.8. The van der Waals surface area contributed by atoms with Crippen LogP contribution < -0.4 is 15.4 Å². The number of rotatable bonds is 7. The second-order valence-electron chi connectivity index (χ2n) is 10.8. The van der Waals surface area contributed by atoms with Crippen molar-refractivity contribution in [2.24, 2.45) is 0 Å². The number of hydrogen-bond donors (Lipinski definition) is 2. The molecular weight excluding hydrogens is 528 g/mol. The van der Waals surface area contributed by atoms with Crippen LogP contribution in [0.4, 0.5) is 16.3 Å². The summed E-state index contributed by atoms with van der Waals surface area (Å²) in [5.41, 5.74) is 3.45. The standard InChI is InChI=1S/C29H32N6O4S/c1-29(2,3)25-17-26(33-39-25)32-27(36)30-20-6-9-23-24(16-20)40-28-31-22(18-35(23)28)19-4-7-21(8-5-19)38-15-12-34-10-13-37-14-11-34/h4-9,16-18H,10-15H2,1-3H3,(H2,30,32,33,36).